The third-order valence-corrected chi connectivity index (χ3v) is 3.90. The average molecular weight is 257 g/mol. The van der Waals surface area contributed by atoms with Crippen LogP contribution in [-0.2, 0) is 10.0 Å². The molecular weight excluding hydrogens is 236 g/mol. The lowest BCUT2D eigenvalue weighted by Crippen LogP contribution is -3.05. The number of aryl methyl sites for hydroxylation is 1. The number of nitrogens with one attached hydrogen (secondary N) is 2. The summed E-state index contributed by atoms with van der Waals surface area (Å²) < 4.78 is 26.4. The Morgan fingerprint density at radius 2 is 2.00 bits per heavy atom. The SMILES string of the molecule is Cc1cccc(S(=O)(=O)NCCC[NH+](C)C)c1. The lowest BCUT2D eigenvalue weighted by molar-refractivity contribution is -0.858. The molecule has 0 aliphatic heterocycles. The van der Waals surface area contributed by atoms with Gasteiger partial charge in [-0.05, 0) is 24.6 Å². The van der Waals surface area contributed by atoms with Crippen molar-refractivity contribution in [2.75, 3.05) is 27.2 Å². The molecule has 0 fully saturated rings. The molecule has 0 heterocycles. The smallest absolute Gasteiger partial charge is 0.240 e. The summed E-state index contributed by atoms with van der Waals surface area (Å²) in [5, 5.41) is 0. The van der Waals surface area contributed by atoms with Gasteiger partial charge in [0.25, 0.3) is 0 Å². The molecule has 0 aromatic heterocycles. The first-order valence-electron chi connectivity index (χ1n) is 5.77. The number of hydrogen-bond acceptors (Lipinski definition) is 2. The third-order valence-electron chi connectivity index (χ3n) is 2.45. The van der Waals surface area contributed by atoms with Gasteiger partial charge in [-0.1, -0.05) is 12.1 Å². The first-order valence-corrected chi connectivity index (χ1v) is 7.25. The summed E-state index contributed by atoms with van der Waals surface area (Å²) >= 11 is 0. The van der Waals surface area contributed by atoms with Crippen LogP contribution in [0.25, 0.3) is 0 Å². The maximum Gasteiger partial charge on any atom is 0.240 e. The minimum absolute atomic E-state index is 0.342. The van der Waals surface area contributed by atoms with Crippen molar-refractivity contribution in [3.63, 3.8) is 0 Å². The Morgan fingerprint density at radius 1 is 1.29 bits per heavy atom. The fourth-order valence-electron chi connectivity index (χ4n) is 1.51. The molecule has 1 rings (SSSR count). The van der Waals surface area contributed by atoms with Crippen LogP contribution in [0.1, 0.15) is 12.0 Å². The lowest BCUT2D eigenvalue weighted by atomic mass is 10.2. The molecule has 0 unspecified atom stereocenters. The minimum atomic E-state index is -3.34. The van der Waals surface area contributed by atoms with Crippen LogP contribution in [0.5, 0.6) is 0 Å². The molecule has 1 aromatic rings. The van der Waals surface area contributed by atoms with Gasteiger partial charge in [-0.3, -0.25) is 0 Å². The minimum Gasteiger partial charge on any atom is -0.340 e. The zero-order chi connectivity index (χ0) is 12.9. The zero-order valence-electron chi connectivity index (χ0n) is 10.7. The van der Waals surface area contributed by atoms with Crippen LogP contribution in [0.2, 0.25) is 0 Å². The van der Waals surface area contributed by atoms with Crippen LogP contribution < -0.4 is 9.62 Å². The summed E-state index contributed by atoms with van der Waals surface area (Å²) in [7, 11) is 0.761. The summed E-state index contributed by atoms with van der Waals surface area (Å²) in [6, 6.07) is 6.94. The maximum atomic E-state index is 11.9. The van der Waals surface area contributed by atoms with Crippen LogP contribution in [0.3, 0.4) is 0 Å². The van der Waals surface area contributed by atoms with Gasteiger partial charge in [0.15, 0.2) is 0 Å². The molecule has 1 aromatic carbocycles. The Hall–Kier alpha value is -0.910. The highest BCUT2D eigenvalue weighted by atomic mass is 32.2. The largest absolute Gasteiger partial charge is 0.340 e. The number of rotatable bonds is 6. The predicted octanol–water partition coefficient (Wildman–Crippen LogP) is -0.192. The summed E-state index contributed by atoms with van der Waals surface area (Å²) in [6.45, 7) is 3.33. The molecule has 0 amide bonds. The molecule has 0 saturated heterocycles. The number of benzene rings is 1. The molecule has 17 heavy (non-hydrogen) atoms. The standard InChI is InChI=1S/C12H20N2O2S/c1-11-6-4-7-12(10-11)17(15,16)13-8-5-9-14(2)3/h4,6-7,10,13H,5,8-9H2,1-3H3/p+1. The molecule has 0 aliphatic carbocycles. The van der Waals surface area contributed by atoms with E-state index in [1.807, 2.05) is 13.0 Å². The van der Waals surface area contributed by atoms with Crippen LogP contribution in [0.15, 0.2) is 29.2 Å². The summed E-state index contributed by atoms with van der Waals surface area (Å²) in [5.41, 5.74) is 0.950. The van der Waals surface area contributed by atoms with Crippen molar-refractivity contribution in [1.29, 1.82) is 0 Å². The first-order chi connectivity index (χ1) is 7.92. The summed E-state index contributed by atoms with van der Waals surface area (Å²) in [4.78, 5) is 1.66. The number of sulfonamides is 1. The van der Waals surface area contributed by atoms with E-state index in [9.17, 15) is 8.42 Å². The Bertz CT molecular complexity index is 455. The molecule has 0 saturated carbocycles. The van der Waals surface area contributed by atoms with Crippen LogP contribution in [0, 0.1) is 6.92 Å². The van der Waals surface area contributed by atoms with Gasteiger partial charge in [0.1, 0.15) is 0 Å². The van der Waals surface area contributed by atoms with E-state index in [4.69, 9.17) is 0 Å². The quantitative estimate of drug-likeness (QED) is 0.694. The summed E-state index contributed by atoms with van der Waals surface area (Å²) in [6.07, 6.45) is 0.841. The number of hydrogen-bond donors (Lipinski definition) is 2. The Morgan fingerprint density at radius 3 is 2.59 bits per heavy atom. The van der Waals surface area contributed by atoms with E-state index in [0.717, 1.165) is 18.5 Å². The van der Waals surface area contributed by atoms with Gasteiger partial charge in [-0.2, -0.15) is 0 Å². The van der Waals surface area contributed by atoms with Crippen molar-refractivity contribution < 1.29 is 13.3 Å². The highest BCUT2D eigenvalue weighted by Gasteiger charge is 2.12. The third kappa shape index (κ3) is 4.85. The van der Waals surface area contributed by atoms with Crippen molar-refractivity contribution in [3.8, 4) is 0 Å². The first kappa shape index (κ1) is 14.2. The molecule has 0 atom stereocenters. The van der Waals surface area contributed by atoms with E-state index < -0.39 is 10.0 Å². The van der Waals surface area contributed by atoms with Gasteiger partial charge in [0.05, 0.1) is 25.5 Å². The lowest BCUT2D eigenvalue weighted by Gasteiger charge is -2.09. The van der Waals surface area contributed by atoms with Crippen LogP contribution in [-0.4, -0.2) is 35.6 Å². The van der Waals surface area contributed by atoms with Crippen molar-refractivity contribution in [2.24, 2.45) is 0 Å². The van der Waals surface area contributed by atoms with Gasteiger partial charge in [-0.25, -0.2) is 13.1 Å². The fourth-order valence-corrected chi connectivity index (χ4v) is 2.69. The van der Waals surface area contributed by atoms with Crippen LogP contribution >= 0.6 is 0 Å². The Labute approximate surface area is 104 Å². The van der Waals surface area contributed by atoms with E-state index >= 15 is 0 Å². The van der Waals surface area contributed by atoms with Crippen LogP contribution in [0.4, 0.5) is 0 Å². The monoisotopic (exact) mass is 257 g/mol. The summed E-state index contributed by atoms with van der Waals surface area (Å²) in [5.74, 6) is 0. The topological polar surface area (TPSA) is 50.6 Å². The zero-order valence-corrected chi connectivity index (χ0v) is 11.5. The predicted molar refractivity (Wildman–Crippen MR) is 68.7 cm³/mol. The van der Waals surface area contributed by atoms with E-state index in [2.05, 4.69) is 18.8 Å². The second kappa shape index (κ2) is 6.14. The van der Waals surface area contributed by atoms with E-state index in [-0.39, 0.29) is 0 Å². The average Bonchev–Trinajstić information content (AvgIpc) is 2.24. The number of quaternary nitrogens is 1. The Balaban J connectivity index is 2.57. The molecule has 96 valence electrons. The molecule has 0 radical (unpaired) electrons. The molecule has 0 aliphatic rings. The maximum absolute atomic E-state index is 11.9. The molecule has 0 spiro atoms. The highest BCUT2D eigenvalue weighted by molar-refractivity contribution is 7.89. The van der Waals surface area contributed by atoms with Gasteiger partial charge in [0, 0.05) is 13.0 Å². The fraction of sp³-hybridized carbons (Fsp3) is 0.500. The van der Waals surface area contributed by atoms with Crippen molar-refractivity contribution in [3.05, 3.63) is 29.8 Å². The second-order valence-corrected chi connectivity index (χ2v) is 6.29. The van der Waals surface area contributed by atoms with Gasteiger partial charge in [-0.15, -0.1) is 0 Å². The molecule has 2 N–H and O–H groups in total. The van der Waals surface area contributed by atoms with E-state index in [1.54, 1.807) is 18.2 Å². The molecule has 5 heteroatoms. The van der Waals surface area contributed by atoms with Gasteiger partial charge < -0.3 is 4.90 Å². The van der Waals surface area contributed by atoms with Crippen molar-refractivity contribution in [1.82, 2.24) is 4.72 Å². The highest BCUT2D eigenvalue weighted by Crippen LogP contribution is 2.10. The second-order valence-electron chi connectivity index (χ2n) is 4.52. The van der Waals surface area contributed by atoms with Crippen molar-refractivity contribution in [2.45, 2.75) is 18.2 Å². The van der Waals surface area contributed by atoms with E-state index in [1.165, 1.54) is 4.90 Å². The van der Waals surface area contributed by atoms with Gasteiger partial charge in [0.2, 0.25) is 10.0 Å². The molecular formula is C12H21N2O2S+. The Kier molecular flexibility index (Phi) is 5.11. The molecule has 4 nitrogen and oxygen atoms in total. The normalized spacial score (nSPS) is 12.0. The molecule has 0 bridgehead atoms. The van der Waals surface area contributed by atoms with Crippen molar-refractivity contribution >= 4 is 10.0 Å². The van der Waals surface area contributed by atoms with E-state index in [0.29, 0.717) is 11.4 Å². The van der Waals surface area contributed by atoms with Gasteiger partial charge >= 0.3 is 0 Å².